The highest BCUT2D eigenvalue weighted by Crippen LogP contribution is 2.18. The van der Waals surface area contributed by atoms with Gasteiger partial charge in [0.05, 0.1) is 0 Å². The van der Waals surface area contributed by atoms with E-state index in [1.807, 2.05) is 0 Å². The van der Waals surface area contributed by atoms with Crippen LogP contribution < -0.4 is 0 Å². The van der Waals surface area contributed by atoms with Crippen LogP contribution in [0.3, 0.4) is 0 Å². The molecular formula is C67H124O6. The molecule has 0 radical (unpaired) electrons. The van der Waals surface area contributed by atoms with Gasteiger partial charge in [0.25, 0.3) is 0 Å². The van der Waals surface area contributed by atoms with Crippen molar-refractivity contribution in [1.82, 2.24) is 0 Å². The first-order valence-electron chi connectivity index (χ1n) is 32.5. The van der Waals surface area contributed by atoms with Gasteiger partial charge in [-0.3, -0.25) is 14.4 Å². The third-order valence-electron chi connectivity index (χ3n) is 14.7. The Bertz CT molecular complexity index is 1220. The Morgan fingerprint density at radius 2 is 0.534 bits per heavy atom. The van der Waals surface area contributed by atoms with Gasteiger partial charge in [-0.2, -0.15) is 0 Å². The van der Waals surface area contributed by atoms with Crippen LogP contribution in [0, 0.1) is 0 Å². The van der Waals surface area contributed by atoms with Gasteiger partial charge in [-0.05, 0) is 51.4 Å². The monoisotopic (exact) mass is 1020 g/mol. The maximum Gasteiger partial charge on any atom is 0.306 e. The van der Waals surface area contributed by atoms with Gasteiger partial charge in [0.15, 0.2) is 6.10 Å². The van der Waals surface area contributed by atoms with Gasteiger partial charge in [-0.25, -0.2) is 0 Å². The molecule has 0 aromatic rings. The number of hydrogen-bond donors (Lipinski definition) is 0. The quantitative estimate of drug-likeness (QED) is 0.0261. The summed E-state index contributed by atoms with van der Waals surface area (Å²) in [6.07, 6.45) is 75.9. The van der Waals surface area contributed by atoms with E-state index in [0.29, 0.717) is 19.3 Å². The lowest BCUT2D eigenvalue weighted by Crippen LogP contribution is -2.30. The summed E-state index contributed by atoms with van der Waals surface area (Å²) in [5, 5.41) is 0. The molecule has 0 aliphatic heterocycles. The maximum atomic E-state index is 12.9. The van der Waals surface area contributed by atoms with E-state index in [0.717, 1.165) is 83.5 Å². The molecule has 6 nitrogen and oxygen atoms in total. The zero-order valence-corrected chi connectivity index (χ0v) is 49.2. The minimum Gasteiger partial charge on any atom is -0.462 e. The lowest BCUT2D eigenvalue weighted by Gasteiger charge is -2.18. The first-order valence-corrected chi connectivity index (χ1v) is 32.5. The number of unbranched alkanes of at least 4 members (excludes halogenated alkanes) is 43. The molecule has 0 aliphatic carbocycles. The van der Waals surface area contributed by atoms with E-state index in [1.165, 1.54) is 231 Å². The van der Waals surface area contributed by atoms with Crippen molar-refractivity contribution < 1.29 is 28.6 Å². The van der Waals surface area contributed by atoms with Crippen molar-refractivity contribution in [1.29, 1.82) is 0 Å². The highest BCUT2D eigenvalue weighted by atomic mass is 16.6. The lowest BCUT2D eigenvalue weighted by atomic mass is 10.0. The number of allylic oxidation sites excluding steroid dienone is 6. The Morgan fingerprint density at radius 1 is 0.288 bits per heavy atom. The van der Waals surface area contributed by atoms with Crippen molar-refractivity contribution in [3.8, 4) is 0 Å². The number of esters is 3. The van der Waals surface area contributed by atoms with E-state index in [-0.39, 0.29) is 31.1 Å². The Hall–Kier alpha value is -2.37. The molecule has 0 heterocycles. The summed E-state index contributed by atoms with van der Waals surface area (Å²) < 4.78 is 16.9. The first-order chi connectivity index (χ1) is 36.0. The van der Waals surface area contributed by atoms with E-state index in [9.17, 15) is 14.4 Å². The molecule has 0 spiro atoms. The van der Waals surface area contributed by atoms with Crippen molar-refractivity contribution in [2.45, 2.75) is 361 Å². The van der Waals surface area contributed by atoms with Crippen molar-refractivity contribution in [2.24, 2.45) is 0 Å². The van der Waals surface area contributed by atoms with Crippen LogP contribution in [0.5, 0.6) is 0 Å². The fourth-order valence-electron chi connectivity index (χ4n) is 9.81. The molecular weight excluding hydrogens is 901 g/mol. The van der Waals surface area contributed by atoms with Crippen LogP contribution in [-0.2, 0) is 28.6 Å². The van der Waals surface area contributed by atoms with Crippen LogP contribution in [0.2, 0.25) is 0 Å². The van der Waals surface area contributed by atoms with E-state index >= 15 is 0 Å². The molecule has 428 valence electrons. The zero-order valence-electron chi connectivity index (χ0n) is 49.2. The highest BCUT2D eigenvalue weighted by molar-refractivity contribution is 5.71. The average Bonchev–Trinajstić information content (AvgIpc) is 3.39. The highest BCUT2D eigenvalue weighted by Gasteiger charge is 2.19. The molecule has 0 saturated carbocycles. The van der Waals surface area contributed by atoms with E-state index in [4.69, 9.17) is 14.2 Å². The molecule has 0 amide bonds. The van der Waals surface area contributed by atoms with Crippen molar-refractivity contribution in [3.05, 3.63) is 36.5 Å². The van der Waals surface area contributed by atoms with E-state index in [2.05, 4.69) is 57.2 Å². The maximum absolute atomic E-state index is 12.9. The molecule has 0 saturated heterocycles. The minimum absolute atomic E-state index is 0.0760. The Balaban J connectivity index is 4.27. The van der Waals surface area contributed by atoms with Gasteiger partial charge in [0.2, 0.25) is 0 Å². The van der Waals surface area contributed by atoms with Crippen molar-refractivity contribution in [2.75, 3.05) is 13.2 Å². The van der Waals surface area contributed by atoms with Crippen molar-refractivity contribution in [3.63, 3.8) is 0 Å². The standard InChI is InChI=1S/C67H124O6/c1-4-7-10-13-16-19-22-25-27-29-31-33-34-36-37-39-42-45-48-51-54-57-60-66(69)72-63-64(62-71-65(68)59-56-53-50-47-44-41-24-21-18-15-12-9-6-3)73-67(70)61-58-55-52-49-46-43-40-38-35-32-30-28-26-23-20-17-14-11-8-5-2/h9,12,18,21,41,44,64H,4-8,10-11,13-17,19-20,22-40,42-43,45-63H2,1-3H3/b12-9-,21-18-,44-41-. The molecule has 0 bridgehead atoms. The van der Waals surface area contributed by atoms with Gasteiger partial charge in [0.1, 0.15) is 13.2 Å². The van der Waals surface area contributed by atoms with Gasteiger partial charge in [-0.1, -0.05) is 320 Å². The summed E-state index contributed by atoms with van der Waals surface area (Å²) in [7, 11) is 0. The zero-order chi connectivity index (χ0) is 52.9. The fraction of sp³-hybridized carbons (Fsp3) is 0.866. The molecule has 0 aliphatic rings. The van der Waals surface area contributed by atoms with Crippen LogP contribution >= 0.6 is 0 Å². The van der Waals surface area contributed by atoms with Crippen LogP contribution in [0.25, 0.3) is 0 Å². The Kier molecular flexibility index (Phi) is 60.2. The molecule has 0 fully saturated rings. The smallest absolute Gasteiger partial charge is 0.306 e. The predicted molar refractivity (Wildman–Crippen MR) is 316 cm³/mol. The predicted octanol–water partition coefficient (Wildman–Crippen LogP) is 22.0. The SMILES string of the molecule is CC/C=C\C/C=C\C/C=C\CCCCCC(=O)OCC(COC(=O)CCCCCCCCCCCCCCCCCCCCCCCC)OC(=O)CCCCCCCCCCCCCCCCCCCCCC. The number of rotatable bonds is 60. The third kappa shape index (κ3) is 60.4. The summed E-state index contributed by atoms with van der Waals surface area (Å²) in [6, 6.07) is 0. The number of ether oxygens (including phenoxy) is 3. The van der Waals surface area contributed by atoms with Gasteiger partial charge in [-0.15, -0.1) is 0 Å². The largest absolute Gasteiger partial charge is 0.462 e. The van der Waals surface area contributed by atoms with Crippen LogP contribution in [-0.4, -0.2) is 37.2 Å². The molecule has 73 heavy (non-hydrogen) atoms. The van der Waals surface area contributed by atoms with Crippen molar-refractivity contribution >= 4 is 17.9 Å². The third-order valence-corrected chi connectivity index (χ3v) is 14.7. The van der Waals surface area contributed by atoms with E-state index in [1.54, 1.807) is 0 Å². The Morgan fingerprint density at radius 3 is 0.836 bits per heavy atom. The molecule has 0 N–H and O–H groups in total. The van der Waals surface area contributed by atoms with Crippen LogP contribution in [0.4, 0.5) is 0 Å². The van der Waals surface area contributed by atoms with Crippen LogP contribution in [0.15, 0.2) is 36.5 Å². The second-order valence-electron chi connectivity index (χ2n) is 22.0. The second kappa shape index (κ2) is 62.2. The molecule has 6 heteroatoms. The molecule has 0 aromatic carbocycles. The lowest BCUT2D eigenvalue weighted by molar-refractivity contribution is -0.167. The number of hydrogen-bond acceptors (Lipinski definition) is 6. The summed E-state index contributed by atoms with van der Waals surface area (Å²) in [5.41, 5.74) is 0. The average molecular weight is 1030 g/mol. The van der Waals surface area contributed by atoms with Gasteiger partial charge >= 0.3 is 17.9 Å². The summed E-state index contributed by atoms with van der Waals surface area (Å²) >= 11 is 0. The van der Waals surface area contributed by atoms with E-state index < -0.39 is 6.10 Å². The minimum atomic E-state index is -0.781. The Labute approximate surface area is 455 Å². The van der Waals surface area contributed by atoms with Crippen LogP contribution in [0.1, 0.15) is 355 Å². The number of carbonyl (C=O) groups excluding carboxylic acids is 3. The molecule has 1 atom stereocenters. The number of carbonyl (C=O) groups is 3. The second-order valence-corrected chi connectivity index (χ2v) is 22.0. The molecule has 0 aromatic heterocycles. The summed E-state index contributed by atoms with van der Waals surface area (Å²) in [5.74, 6) is -0.881. The molecule has 0 rings (SSSR count). The van der Waals surface area contributed by atoms with Gasteiger partial charge < -0.3 is 14.2 Å². The first kappa shape index (κ1) is 70.6. The topological polar surface area (TPSA) is 78.9 Å². The fourth-order valence-corrected chi connectivity index (χ4v) is 9.81. The normalized spacial score (nSPS) is 12.2. The summed E-state index contributed by atoms with van der Waals surface area (Å²) in [4.78, 5) is 38.3. The summed E-state index contributed by atoms with van der Waals surface area (Å²) in [6.45, 7) is 6.57. The molecule has 1 unspecified atom stereocenters. The van der Waals surface area contributed by atoms with Gasteiger partial charge in [0, 0.05) is 19.3 Å².